The van der Waals surface area contributed by atoms with E-state index in [1.54, 1.807) is 0 Å². The van der Waals surface area contributed by atoms with Crippen molar-refractivity contribution in [1.29, 1.82) is 0 Å². The molecule has 1 rings (SSSR count). The van der Waals surface area contributed by atoms with Crippen LogP contribution in [0.15, 0.2) is 0 Å². The van der Waals surface area contributed by atoms with E-state index in [9.17, 15) is 0 Å². The lowest BCUT2D eigenvalue weighted by Gasteiger charge is -2.21. The maximum Gasteiger partial charge on any atom is 0.0700 e. The van der Waals surface area contributed by atoms with Gasteiger partial charge in [0.25, 0.3) is 0 Å². The van der Waals surface area contributed by atoms with Crippen LogP contribution < -0.4 is 5.32 Å². The van der Waals surface area contributed by atoms with Crippen LogP contribution in [0.5, 0.6) is 0 Å². The fourth-order valence-electron chi connectivity index (χ4n) is 2.73. The molecule has 0 aliphatic carbocycles. The summed E-state index contributed by atoms with van der Waals surface area (Å²) in [6.07, 6.45) is 13.9. The maximum absolute atomic E-state index is 5.69. The van der Waals surface area contributed by atoms with E-state index in [1.807, 2.05) is 0 Å². The molecule has 1 aliphatic rings. The number of rotatable bonds is 11. The second kappa shape index (κ2) is 10.8. The number of hydrogen-bond donors (Lipinski definition) is 1. The average molecular weight is 255 g/mol. The van der Waals surface area contributed by atoms with Gasteiger partial charge in [0.1, 0.15) is 0 Å². The van der Waals surface area contributed by atoms with Crippen LogP contribution in [0, 0.1) is 0 Å². The molecule has 2 nitrogen and oxygen atoms in total. The van der Waals surface area contributed by atoms with Crippen molar-refractivity contribution in [3.05, 3.63) is 0 Å². The minimum atomic E-state index is 0.491. The Morgan fingerprint density at radius 1 is 1.06 bits per heavy atom. The molecule has 0 bridgehead atoms. The molecule has 0 saturated carbocycles. The van der Waals surface area contributed by atoms with Gasteiger partial charge in [-0.25, -0.2) is 0 Å². The van der Waals surface area contributed by atoms with Crippen LogP contribution in [-0.2, 0) is 4.74 Å². The lowest BCUT2D eigenvalue weighted by Crippen LogP contribution is -2.35. The molecule has 1 saturated heterocycles. The van der Waals surface area contributed by atoms with E-state index in [4.69, 9.17) is 4.74 Å². The van der Waals surface area contributed by atoms with Gasteiger partial charge in [0.05, 0.1) is 6.10 Å². The van der Waals surface area contributed by atoms with Crippen molar-refractivity contribution in [2.75, 3.05) is 13.2 Å². The third kappa shape index (κ3) is 7.38. The van der Waals surface area contributed by atoms with Crippen molar-refractivity contribution in [3.8, 4) is 0 Å². The van der Waals surface area contributed by atoms with Gasteiger partial charge in [0, 0.05) is 19.2 Å². The fraction of sp³-hybridized carbons (Fsp3) is 1.00. The Bertz CT molecular complexity index is 168. The second-order valence-electron chi connectivity index (χ2n) is 5.73. The third-order valence-corrected chi connectivity index (χ3v) is 3.97. The van der Waals surface area contributed by atoms with Crippen LogP contribution in [0.25, 0.3) is 0 Å². The van der Waals surface area contributed by atoms with Crippen molar-refractivity contribution >= 4 is 0 Å². The third-order valence-electron chi connectivity index (χ3n) is 3.97. The average Bonchev–Trinajstić information content (AvgIpc) is 2.89. The summed E-state index contributed by atoms with van der Waals surface area (Å²) < 4.78 is 5.69. The summed E-state index contributed by atoms with van der Waals surface area (Å²) in [5, 5.41) is 3.75. The number of unbranched alkanes of at least 4 members (excludes halogenated alkanes) is 4. The fourth-order valence-corrected chi connectivity index (χ4v) is 2.73. The molecule has 1 heterocycles. The molecule has 2 heteroatoms. The van der Waals surface area contributed by atoms with Crippen molar-refractivity contribution in [3.63, 3.8) is 0 Å². The van der Waals surface area contributed by atoms with Crippen LogP contribution in [0.4, 0.5) is 0 Å². The molecule has 1 atom stereocenters. The molecule has 1 fully saturated rings. The summed E-state index contributed by atoms with van der Waals surface area (Å²) in [7, 11) is 0. The van der Waals surface area contributed by atoms with Crippen molar-refractivity contribution in [2.45, 2.75) is 90.2 Å². The Balaban J connectivity index is 2.14. The largest absolute Gasteiger partial charge is 0.377 e. The van der Waals surface area contributed by atoms with E-state index in [0.717, 1.165) is 19.2 Å². The van der Waals surface area contributed by atoms with Gasteiger partial charge < -0.3 is 10.1 Å². The monoisotopic (exact) mass is 255 g/mol. The molecule has 18 heavy (non-hydrogen) atoms. The summed E-state index contributed by atoms with van der Waals surface area (Å²) in [6, 6.07) is 0.729. The zero-order valence-electron chi connectivity index (χ0n) is 12.5. The quantitative estimate of drug-likeness (QED) is 0.556. The highest BCUT2D eigenvalue weighted by Gasteiger charge is 2.17. The van der Waals surface area contributed by atoms with Gasteiger partial charge in [-0.3, -0.25) is 0 Å². The Kier molecular flexibility index (Phi) is 9.59. The van der Waals surface area contributed by atoms with Gasteiger partial charge in [-0.2, -0.15) is 0 Å². The Morgan fingerprint density at radius 2 is 1.72 bits per heavy atom. The maximum atomic E-state index is 5.69. The molecule has 0 aromatic rings. The van der Waals surface area contributed by atoms with Gasteiger partial charge in [0.2, 0.25) is 0 Å². The zero-order valence-corrected chi connectivity index (χ0v) is 12.5. The Hall–Kier alpha value is -0.0800. The standard InChI is InChI=1S/C16H33NO/c1-3-5-7-10-15(11-8-6-4-2)17-14-16-12-9-13-18-16/h15-17H,3-14H2,1-2H3. The van der Waals surface area contributed by atoms with Gasteiger partial charge in [-0.1, -0.05) is 52.4 Å². The lowest BCUT2D eigenvalue weighted by atomic mass is 10.0. The first-order chi connectivity index (χ1) is 8.86. The second-order valence-corrected chi connectivity index (χ2v) is 5.73. The summed E-state index contributed by atoms with van der Waals surface area (Å²) in [4.78, 5) is 0. The molecule has 0 aromatic heterocycles. The van der Waals surface area contributed by atoms with Crippen molar-refractivity contribution < 1.29 is 4.74 Å². The summed E-state index contributed by atoms with van der Waals surface area (Å²) >= 11 is 0. The molecule has 1 unspecified atom stereocenters. The van der Waals surface area contributed by atoms with E-state index < -0.39 is 0 Å². The van der Waals surface area contributed by atoms with E-state index in [-0.39, 0.29) is 0 Å². The van der Waals surface area contributed by atoms with Gasteiger partial charge >= 0.3 is 0 Å². The number of hydrogen-bond acceptors (Lipinski definition) is 2. The van der Waals surface area contributed by atoms with Crippen molar-refractivity contribution in [2.24, 2.45) is 0 Å². The molecule has 1 N–H and O–H groups in total. The predicted octanol–water partition coefficient (Wildman–Crippen LogP) is 4.28. The predicted molar refractivity (Wildman–Crippen MR) is 79.0 cm³/mol. The minimum absolute atomic E-state index is 0.491. The van der Waals surface area contributed by atoms with Gasteiger partial charge in [-0.05, 0) is 25.7 Å². The SMILES string of the molecule is CCCCCC(CCCCC)NCC1CCCO1. The van der Waals surface area contributed by atoms with Crippen LogP contribution in [-0.4, -0.2) is 25.3 Å². The number of ether oxygens (including phenoxy) is 1. The minimum Gasteiger partial charge on any atom is -0.377 e. The molecular weight excluding hydrogens is 222 g/mol. The highest BCUT2D eigenvalue weighted by molar-refractivity contribution is 4.73. The van der Waals surface area contributed by atoms with Crippen molar-refractivity contribution in [1.82, 2.24) is 5.32 Å². The first kappa shape index (κ1) is 16.0. The highest BCUT2D eigenvalue weighted by Crippen LogP contribution is 2.14. The first-order valence-electron chi connectivity index (χ1n) is 8.21. The first-order valence-corrected chi connectivity index (χ1v) is 8.21. The lowest BCUT2D eigenvalue weighted by molar-refractivity contribution is 0.106. The van der Waals surface area contributed by atoms with Crippen LogP contribution >= 0.6 is 0 Å². The van der Waals surface area contributed by atoms with E-state index in [2.05, 4.69) is 19.2 Å². The highest BCUT2D eigenvalue weighted by atomic mass is 16.5. The van der Waals surface area contributed by atoms with Gasteiger partial charge in [-0.15, -0.1) is 0 Å². The van der Waals surface area contributed by atoms with Gasteiger partial charge in [0.15, 0.2) is 0 Å². The molecule has 1 aliphatic heterocycles. The van der Waals surface area contributed by atoms with E-state index >= 15 is 0 Å². The summed E-state index contributed by atoms with van der Waals surface area (Å²) in [5.74, 6) is 0. The summed E-state index contributed by atoms with van der Waals surface area (Å²) in [5.41, 5.74) is 0. The summed E-state index contributed by atoms with van der Waals surface area (Å²) in [6.45, 7) is 6.61. The smallest absolute Gasteiger partial charge is 0.0700 e. The normalized spacial score (nSPS) is 19.8. The topological polar surface area (TPSA) is 21.3 Å². The molecule has 0 spiro atoms. The molecule has 0 radical (unpaired) electrons. The van der Waals surface area contributed by atoms with E-state index in [1.165, 1.54) is 64.2 Å². The molecule has 0 aromatic carbocycles. The molecule has 108 valence electrons. The molecular formula is C16H33NO. The molecule has 0 amide bonds. The van der Waals surface area contributed by atoms with E-state index in [0.29, 0.717) is 6.10 Å². The Morgan fingerprint density at radius 3 is 2.22 bits per heavy atom. The van der Waals surface area contributed by atoms with Crippen LogP contribution in [0.2, 0.25) is 0 Å². The zero-order chi connectivity index (χ0) is 13.1. The Labute approximate surface area is 114 Å². The van der Waals surface area contributed by atoms with Crippen LogP contribution in [0.3, 0.4) is 0 Å². The number of nitrogens with one attached hydrogen (secondary N) is 1. The van der Waals surface area contributed by atoms with Crippen LogP contribution in [0.1, 0.15) is 78.1 Å².